The van der Waals surface area contributed by atoms with Crippen molar-refractivity contribution in [2.24, 2.45) is 4.99 Å². The van der Waals surface area contributed by atoms with Gasteiger partial charge >= 0.3 is 5.97 Å². The molecule has 0 spiro atoms. The lowest BCUT2D eigenvalue weighted by Gasteiger charge is -2.21. The van der Waals surface area contributed by atoms with E-state index in [1.165, 1.54) is 7.11 Å². The summed E-state index contributed by atoms with van der Waals surface area (Å²) in [4.78, 5) is 28.3. The molecule has 1 aliphatic heterocycles. The number of H-pyrrole nitrogens is 1. The van der Waals surface area contributed by atoms with Gasteiger partial charge in [0.25, 0.3) is 5.56 Å². The molecule has 0 saturated carbocycles. The van der Waals surface area contributed by atoms with Crippen molar-refractivity contribution >= 4 is 28.6 Å². The van der Waals surface area contributed by atoms with Crippen LogP contribution >= 0.6 is 11.8 Å². The minimum Gasteiger partial charge on any atom is -0.482 e. The molecular weight excluding hydrogens is 354 g/mol. The minimum atomic E-state index is -0.435. The van der Waals surface area contributed by atoms with Gasteiger partial charge in [-0.15, -0.1) is 0 Å². The summed E-state index contributed by atoms with van der Waals surface area (Å²) in [7, 11) is 1.32. The second kappa shape index (κ2) is 7.41. The first-order chi connectivity index (χ1) is 12.4. The fraction of sp³-hybridized carbons (Fsp3) is 0.389. The molecule has 138 valence electrons. The van der Waals surface area contributed by atoms with Gasteiger partial charge in [-0.25, -0.2) is 9.79 Å². The van der Waals surface area contributed by atoms with Crippen molar-refractivity contribution in [3.05, 3.63) is 45.7 Å². The Morgan fingerprint density at radius 1 is 1.35 bits per heavy atom. The maximum absolute atomic E-state index is 12.5. The Kier molecular flexibility index (Phi) is 5.22. The van der Waals surface area contributed by atoms with Gasteiger partial charge in [0.15, 0.2) is 12.4 Å². The summed E-state index contributed by atoms with van der Waals surface area (Å²) in [5, 5.41) is 3.66. The highest BCUT2D eigenvalue weighted by atomic mass is 32.2. The van der Waals surface area contributed by atoms with E-state index in [0.29, 0.717) is 17.1 Å². The molecule has 1 aromatic carbocycles. The standard InChI is InChI=1S/C18H21N3O4S/c1-10(2)21-17-15(18(23)20-21)16(26-11(3)19-17)12-5-7-13(8-6-12)25-9-14(22)24-4/h5-8,10,16H,9H2,1-4H3,(H,20,23). The van der Waals surface area contributed by atoms with Crippen molar-refractivity contribution in [2.45, 2.75) is 32.1 Å². The van der Waals surface area contributed by atoms with E-state index >= 15 is 0 Å². The highest BCUT2D eigenvalue weighted by molar-refractivity contribution is 8.14. The number of aromatic nitrogens is 2. The Bertz CT molecular complexity index is 896. The molecule has 26 heavy (non-hydrogen) atoms. The lowest BCUT2D eigenvalue weighted by atomic mass is 10.1. The van der Waals surface area contributed by atoms with Crippen molar-refractivity contribution in [3.8, 4) is 5.75 Å². The van der Waals surface area contributed by atoms with Gasteiger partial charge in [0, 0.05) is 6.04 Å². The van der Waals surface area contributed by atoms with Crippen LogP contribution in [0, 0.1) is 0 Å². The first-order valence-corrected chi connectivity index (χ1v) is 9.14. The van der Waals surface area contributed by atoms with E-state index in [1.807, 2.05) is 37.6 Å². The molecule has 1 aromatic heterocycles. The van der Waals surface area contributed by atoms with E-state index in [-0.39, 0.29) is 23.5 Å². The molecule has 1 unspecified atom stereocenters. The number of methoxy groups -OCH3 is 1. The Morgan fingerprint density at radius 3 is 2.65 bits per heavy atom. The van der Waals surface area contributed by atoms with Crippen LogP contribution in [0.25, 0.3) is 0 Å². The van der Waals surface area contributed by atoms with Crippen molar-refractivity contribution in [1.82, 2.24) is 9.78 Å². The van der Waals surface area contributed by atoms with Crippen LogP contribution in [-0.2, 0) is 9.53 Å². The van der Waals surface area contributed by atoms with Crippen molar-refractivity contribution in [2.75, 3.05) is 13.7 Å². The second-order valence-corrected chi connectivity index (χ2v) is 7.50. The summed E-state index contributed by atoms with van der Waals surface area (Å²) in [5.41, 5.74) is 1.52. The Balaban J connectivity index is 1.90. The third-order valence-electron chi connectivity index (χ3n) is 4.03. The highest BCUT2D eigenvalue weighted by Crippen LogP contribution is 2.44. The fourth-order valence-electron chi connectivity index (χ4n) is 2.76. The zero-order valence-electron chi connectivity index (χ0n) is 15.1. The summed E-state index contributed by atoms with van der Waals surface area (Å²) in [6.45, 7) is 5.81. The number of benzene rings is 1. The first kappa shape index (κ1) is 18.3. The molecule has 0 fully saturated rings. The van der Waals surface area contributed by atoms with Crippen LogP contribution in [0.2, 0.25) is 0 Å². The molecule has 2 heterocycles. The molecule has 3 rings (SSSR count). The molecule has 1 atom stereocenters. The van der Waals surface area contributed by atoms with Crippen LogP contribution in [0.5, 0.6) is 5.75 Å². The van der Waals surface area contributed by atoms with Crippen LogP contribution in [0.15, 0.2) is 34.1 Å². The molecule has 0 amide bonds. The predicted molar refractivity (Wildman–Crippen MR) is 102 cm³/mol. The van der Waals surface area contributed by atoms with Gasteiger partial charge in [-0.2, -0.15) is 0 Å². The van der Waals surface area contributed by atoms with Gasteiger partial charge in [0.2, 0.25) is 0 Å². The molecule has 1 aliphatic rings. The van der Waals surface area contributed by atoms with Gasteiger partial charge in [-0.3, -0.25) is 14.6 Å². The third-order valence-corrected chi connectivity index (χ3v) is 5.21. The number of nitrogens with one attached hydrogen (secondary N) is 1. The Morgan fingerprint density at radius 2 is 2.04 bits per heavy atom. The molecule has 8 heteroatoms. The van der Waals surface area contributed by atoms with E-state index in [4.69, 9.17) is 4.74 Å². The SMILES string of the molecule is COC(=O)COc1ccc(C2SC(C)=Nc3c2c(=O)[nH]n3C(C)C)cc1. The predicted octanol–water partition coefficient (Wildman–Crippen LogP) is 3.20. The van der Waals surface area contributed by atoms with Crippen molar-refractivity contribution in [3.63, 3.8) is 0 Å². The number of fused-ring (bicyclic) bond motifs is 1. The normalized spacial score (nSPS) is 16.2. The monoisotopic (exact) mass is 375 g/mol. The number of esters is 1. The number of rotatable bonds is 5. The van der Waals surface area contributed by atoms with Gasteiger partial charge in [-0.05, 0) is 38.5 Å². The van der Waals surface area contributed by atoms with Gasteiger partial charge in [0.05, 0.1) is 23.0 Å². The van der Waals surface area contributed by atoms with Crippen LogP contribution < -0.4 is 10.3 Å². The van der Waals surface area contributed by atoms with Gasteiger partial charge in [-0.1, -0.05) is 23.9 Å². The summed E-state index contributed by atoms with van der Waals surface area (Å²) in [5.74, 6) is 0.825. The van der Waals surface area contributed by atoms with E-state index in [0.717, 1.165) is 10.6 Å². The zero-order valence-corrected chi connectivity index (χ0v) is 15.9. The van der Waals surface area contributed by atoms with E-state index in [9.17, 15) is 9.59 Å². The summed E-state index contributed by atoms with van der Waals surface area (Å²) in [6, 6.07) is 7.48. The number of ether oxygens (including phenoxy) is 2. The van der Waals surface area contributed by atoms with Crippen molar-refractivity contribution in [1.29, 1.82) is 0 Å². The first-order valence-electron chi connectivity index (χ1n) is 8.26. The van der Waals surface area contributed by atoms with Crippen LogP contribution in [-0.4, -0.2) is 34.5 Å². The zero-order chi connectivity index (χ0) is 18.8. The van der Waals surface area contributed by atoms with E-state index in [2.05, 4.69) is 14.8 Å². The van der Waals surface area contributed by atoms with Crippen LogP contribution in [0.1, 0.15) is 43.2 Å². The average Bonchev–Trinajstić information content (AvgIpc) is 2.96. The largest absolute Gasteiger partial charge is 0.482 e. The molecular formula is C18H21N3O4S. The molecule has 0 aliphatic carbocycles. The summed E-state index contributed by atoms with van der Waals surface area (Å²) in [6.07, 6.45) is 0. The Labute approximate surface area is 155 Å². The maximum Gasteiger partial charge on any atom is 0.343 e. The number of hydrogen-bond donors (Lipinski definition) is 1. The topological polar surface area (TPSA) is 85.7 Å². The van der Waals surface area contributed by atoms with Crippen LogP contribution in [0.4, 0.5) is 5.82 Å². The lowest BCUT2D eigenvalue weighted by Crippen LogP contribution is -2.14. The smallest absolute Gasteiger partial charge is 0.343 e. The van der Waals surface area contributed by atoms with Gasteiger partial charge in [0.1, 0.15) is 5.75 Å². The highest BCUT2D eigenvalue weighted by Gasteiger charge is 2.30. The summed E-state index contributed by atoms with van der Waals surface area (Å²) >= 11 is 1.55. The van der Waals surface area contributed by atoms with Crippen LogP contribution in [0.3, 0.4) is 0 Å². The van der Waals surface area contributed by atoms with Gasteiger partial charge < -0.3 is 9.47 Å². The Hall–Kier alpha value is -2.48. The number of thioether (sulfide) groups is 1. The maximum atomic E-state index is 12.5. The number of carbonyl (C=O) groups excluding carboxylic acids is 1. The van der Waals surface area contributed by atoms with E-state index in [1.54, 1.807) is 23.9 Å². The lowest BCUT2D eigenvalue weighted by molar-refractivity contribution is -0.142. The molecule has 0 bridgehead atoms. The summed E-state index contributed by atoms with van der Waals surface area (Å²) < 4.78 is 11.7. The number of carbonyl (C=O) groups is 1. The third kappa shape index (κ3) is 3.55. The van der Waals surface area contributed by atoms with E-state index < -0.39 is 5.97 Å². The molecule has 1 N–H and O–H groups in total. The fourth-order valence-corrected chi connectivity index (χ4v) is 3.86. The second-order valence-electron chi connectivity index (χ2n) is 6.20. The number of hydrogen-bond acceptors (Lipinski definition) is 6. The number of aromatic amines is 1. The van der Waals surface area contributed by atoms with Crippen molar-refractivity contribution < 1.29 is 14.3 Å². The minimum absolute atomic E-state index is 0.112. The molecule has 2 aromatic rings. The molecule has 7 nitrogen and oxygen atoms in total. The average molecular weight is 375 g/mol. The molecule has 0 saturated heterocycles. The quantitative estimate of drug-likeness (QED) is 0.811. The number of nitrogens with zero attached hydrogens (tertiary/aromatic N) is 2. The number of aliphatic imine (C=N–C) groups is 1. The molecule has 0 radical (unpaired) electrons.